The Hall–Kier alpha value is -1.24. The van der Waals surface area contributed by atoms with Gasteiger partial charge >= 0.3 is 0 Å². The van der Waals surface area contributed by atoms with Gasteiger partial charge in [0, 0.05) is 11.4 Å². The van der Waals surface area contributed by atoms with E-state index in [9.17, 15) is 4.57 Å². The SMILES string of the molecule is O=[PH](Cl)N(c1ccccc1)c1ccccc1. The van der Waals surface area contributed by atoms with Crippen molar-refractivity contribution in [3.05, 3.63) is 60.7 Å². The van der Waals surface area contributed by atoms with Crippen LogP contribution in [0, 0.1) is 0 Å². The van der Waals surface area contributed by atoms with E-state index in [4.69, 9.17) is 11.2 Å². The normalized spacial score (nSPS) is 12.1. The van der Waals surface area contributed by atoms with Crippen LogP contribution in [0.2, 0.25) is 0 Å². The molecule has 0 bridgehead atoms. The van der Waals surface area contributed by atoms with Crippen LogP contribution < -0.4 is 4.67 Å². The molecule has 0 heterocycles. The van der Waals surface area contributed by atoms with Gasteiger partial charge in [0.25, 0.3) is 7.30 Å². The molecule has 0 saturated heterocycles. The van der Waals surface area contributed by atoms with E-state index in [1.54, 1.807) is 4.67 Å². The predicted molar refractivity (Wildman–Crippen MR) is 69.9 cm³/mol. The first-order chi connectivity index (χ1) is 7.79. The minimum atomic E-state index is -2.32. The first-order valence-electron chi connectivity index (χ1n) is 4.89. The molecule has 0 aliphatic rings. The van der Waals surface area contributed by atoms with Crippen molar-refractivity contribution in [2.24, 2.45) is 0 Å². The number of hydrogen-bond donors (Lipinski definition) is 0. The third kappa shape index (κ3) is 2.46. The van der Waals surface area contributed by atoms with Crippen LogP contribution in [0.25, 0.3) is 0 Å². The van der Waals surface area contributed by atoms with Gasteiger partial charge in [0.1, 0.15) is 0 Å². The van der Waals surface area contributed by atoms with Gasteiger partial charge < -0.3 is 0 Å². The highest BCUT2D eigenvalue weighted by molar-refractivity contribution is 7.75. The van der Waals surface area contributed by atoms with Gasteiger partial charge in [-0.1, -0.05) is 36.4 Å². The van der Waals surface area contributed by atoms with Crippen LogP contribution >= 0.6 is 18.5 Å². The fourth-order valence-electron chi connectivity index (χ4n) is 1.51. The van der Waals surface area contributed by atoms with Crippen molar-refractivity contribution in [3.63, 3.8) is 0 Å². The van der Waals surface area contributed by atoms with Gasteiger partial charge in [0.05, 0.1) is 0 Å². The van der Waals surface area contributed by atoms with E-state index in [2.05, 4.69) is 0 Å². The van der Waals surface area contributed by atoms with Crippen LogP contribution in [0.15, 0.2) is 60.7 Å². The van der Waals surface area contributed by atoms with Crippen LogP contribution in [0.4, 0.5) is 11.4 Å². The highest BCUT2D eigenvalue weighted by Crippen LogP contribution is 2.43. The van der Waals surface area contributed by atoms with Gasteiger partial charge in [-0.15, -0.1) is 0 Å². The van der Waals surface area contributed by atoms with E-state index >= 15 is 0 Å². The summed E-state index contributed by atoms with van der Waals surface area (Å²) in [5.74, 6) is 0. The zero-order valence-electron chi connectivity index (χ0n) is 8.51. The molecule has 2 rings (SSSR count). The Balaban J connectivity index is 2.44. The third-order valence-electron chi connectivity index (χ3n) is 2.20. The van der Waals surface area contributed by atoms with Gasteiger partial charge in [-0.25, -0.2) is 0 Å². The number of halogens is 1. The predicted octanol–water partition coefficient (Wildman–Crippen LogP) is 4.45. The Bertz CT molecular complexity index is 435. The van der Waals surface area contributed by atoms with Gasteiger partial charge in [-0.2, -0.15) is 0 Å². The van der Waals surface area contributed by atoms with E-state index in [1.165, 1.54) is 0 Å². The number of benzene rings is 2. The molecule has 0 aliphatic carbocycles. The maximum absolute atomic E-state index is 11.6. The summed E-state index contributed by atoms with van der Waals surface area (Å²) in [6.45, 7) is 0. The summed E-state index contributed by atoms with van der Waals surface area (Å²) in [7, 11) is -2.32. The highest BCUT2D eigenvalue weighted by Gasteiger charge is 2.12. The second-order valence-electron chi connectivity index (χ2n) is 3.26. The Labute approximate surface area is 100 Å². The maximum atomic E-state index is 11.6. The Morgan fingerprint density at radius 3 is 1.50 bits per heavy atom. The minimum Gasteiger partial charge on any atom is -0.285 e. The minimum absolute atomic E-state index is 0.840. The zero-order chi connectivity index (χ0) is 11.4. The summed E-state index contributed by atoms with van der Waals surface area (Å²) in [5, 5.41) is 0. The van der Waals surface area contributed by atoms with Crippen LogP contribution in [-0.4, -0.2) is 0 Å². The molecule has 1 atom stereocenters. The van der Waals surface area contributed by atoms with Crippen molar-refractivity contribution in [2.45, 2.75) is 0 Å². The number of anilines is 2. The van der Waals surface area contributed by atoms with Gasteiger partial charge in [-0.3, -0.25) is 9.24 Å². The van der Waals surface area contributed by atoms with Gasteiger partial charge in [0.2, 0.25) is 0 Å². The largest absolute Gasteiger partial charge is 0.285 e. The molecule has 0 fully saturated rings. The second kappa shape index (κ2) is 5.20. The Morgan fingerprint density at radius 1 is 0.812 bits per heavy atom. The number of nitrogens with zero attached hydrogens (tertiary/aromatic N) is 1. The van der Waals surface area contributed by atoms with Crippen molar-refractivity contribution in [3.8, 4) is 0 Å². The third-order valence-corrected chi connectivity index (χ3v) is 3.58. The molecular weight excluding hydrogens is 241 g/mol. The Kier molecular flexibility index (Phi) is 3.66. The first-order valence-corrected chi connectivity index (χ1v) is 7.25. The quantitative estimate of drug-likeness (QED) is 0.751. The molecule has 0 aromatic heterocycles. The van der Waals surface area contributed by atoms with Crippen molar-refractivity contribution < 1.29 is 4.57 Å². The van der Waals surface area contributed by atoms with E-state index in [0.717, 1.165) is 11.4 Å². The average Bonchev–Trinajstić information content (AvgIpc) is 2.31. The molecule has 82 valence electrons. The monoisotopic (exact) mass is 251 g/mol. The lowest BCUT2D eigenvalue weighted by molar-refractivity contribution is 0.596. The van der Waals surface area contributed by atoms with Gasteiger partial charge in [-0.05, 0) is 35.5 Å². The summed E-state index contributed by atoms with van der Waals surface area (Å²) in [4.78, 5) is 0. The molecule has 2 aromatic carbocycles. The lowest BCUT2D eigenvalue weighted by atomic mass is 10.3. The molecule has 2 aromatic rings. The molecule has 2 nitrogen and oxygen atoms in total. The molecule has 0 radical (unpaired) electrons. The molecule has 0 amide bonds. The summed E-state index contributed by atoms with van der Waals surface area (Å²) in [6, 6.07) is 19.0. The summed E-state index contributed by atoms with van der Waals surface area (Å²) < 4.78 is 13.3. The average molecular weight is 252 g/mol. The van der Waals surface area contributed by atoms with E-state index < -0.39 is 7.30 Å². The fourth-order valence-corrected chi connectivity index (χ4v) is 2.80. The van der Waals surface area contributed by atoms with Crippen molar-refractivity contribution in [1.29, 1.82) is 0 Å². The zero-order valence-corrected chi connectivity index (χ0v) is 10.3. The molecule has 0 N–H and O–H groups in total. The molecular formula is C12H11ClNOP. The molecule has 1 unspecified atom stereocenters. The summed E-state index contributed by atoms with van der Waals surface area (Å²) >= 11 is 5.79. The lowest BCUT2D eigenvalue weighted by Gasteiger charge is -2.20. The molecule has 0 aliphatic heterocycles. The van der Waals surface area contributed by atoms with Crippen molar-refractivity contribution >= 4 is 29.9 Å². The molecule has 4 heteroatoms. The second-order valence-corrected chi connectivity index (χ2v) is 5.18. The van der Waals surface area contributed by atoms with Crippen LogP contribution in [-0.2, 0) is 4.57 Å². The van der Waals surface area contributed by atoms with Gasteiger partial charge in [0.15, 0.2) is 0 Å². The van der Waals surface area contributed by atoms with E-state index in [0.29, 0.717) is 0 Å². The number of hydrogen-bond acceptors (Lipinski definition) is 1. The van der Waals surface area contributed by atoms with Crippen LogP contribution in [0.5, 0.6) is 0 Å². The van der Waals surface area contributed by atoms with Crippen molar-refractivity contribution in [1.82, 2.24) is 0 Å². The highest BCUT2D eigenvalue weighted by atomic mass is 35.7. The number of rotatable bonds is 3. The van der Waals surface area contributed by atoms with Crippen LogP contribution in [0.1, 0.15) is 0 Å². The first kappa shape index (κ1) is 11.3. The fraction of sp³-hybridized carbons (Fsp3) is 0. The molecule has 0 saturated carbocycles. The molecule has 16 heavy (non-hydrogen) atoms. The number of para-hydroxylation sites is 2. The van der Waals surface area contributed by atoms with Crippen molar-refractivity contribution in [2.75, 3.05) is 4.67 Å². The van der Waals surface area contributed by atoms with E-state index in [1.807, 2.05) is 60.7 Å². The molecule has 0 spiro atoms. The van der Waals surface area contributed by atoms with E-state index in [-0.39, 0.29) is 0 Å². The maximum Gasteiger partial charge on any atom is 0.250 e. The Morgan fingerprint density at radius 2 is 1.19 bits per heavy atom. The lowest BCUT2D eigenvalue weighted by Crippen LogP contribution is -2.03. The standard InChI is InChI=1S/C12H11ClNOP/c13-16(15)14(11-7-3-1-4-8-11)12-9-5-2-6-10-12/h1-10,16H. The van der Waals surface area contributed by atoms with Crippen LogP contribution in [0.3, 0.4) is 0 Å². The smallest absolute Gasteiger partial charge is 0.250 e. The summed E-state index contributed by atoms with van der Waals surface area (Å²) in [5.41, 5.74) is 1.68. The topological polar surface area (TPSA) is 20.3 Å². The summed E-state index contributed by atoms with van der Waals surface area (Å²) in [6.07, 6.45) is 0.